The Labute approximate surface area is 126 Å². The smallest absolute Gasteiger partial charge is 0.0950 e. The second-order valence-electron chi connectivity index (χ2n) is 6.51. The predicted molar refractivity (Wildman–Crippen MR) is 84.4 cm³/mol. The normalized spacial score (nSPS) is 25.9. The highest BCUT2D eigenvalue weighted by Crippen LogP contribution is 2.40. The number of hydrogen-bond acceptors (Lipinski definition) is 2. The van der Waals surface area contributed by atoms with E-state index in [-0.39, 0.29) is 0 Å². The molecule has 1 saturated heterocycles. The molecule has 110 valence electrons. The van der Waals surface area contributed by atoms with Crippen molar-refractivity contribution in [2.45, 2.75) is 37.6 Å². The van der Waals surface area contributed by atoms with Gasteiger partial charge in [-0.1, -0.05) is 30.3 Å². The predicted octanol–water partition coefficient (Wildman–Crippen LogP) is 3.15. The lowest BCUT2D eigenvalue weighted by molar-refractivity contribution is 0.312. The largest absolute Gasteiger partial charge is 0.331 e. The second kappa shape index (κ2) is 5.64. The van der Waals surface area contributed by atoms with Crippen LogP contribution in [0, 0.1) is 5.92 Å². The summed E-state index contributed by atoms with van der Waals surface area (Å²) < 4.78 is 2.45. The van der Waals surface area contributed by atoms with Crippen molar-refractivity contribution < 1.29 is 0 Å². The standard InChI is InChI=1S/C18H23N3/c1-2-4-14(5-3-1)10-15-11-19-9-8-17(15)18-12-20-13-21(18)16-6-7-16/h1-5,12-13,15-17,19H,6-11H2. The second-order valence-corrected chi connectivity index (χ2v) is 6.51. The van der Waals surface area contributed by atoms with Gasteiger partial charge in [0.25, 0.3) is 0 Å². The number of nitrogens with one attached hydrogen (secondary N) is 1. The number of benzene rings is 1. The van der Waals surface area contributed by atoms with Crippen molar-refractivity contribution in [3.05, 3.63) is 54.1 Å². The number of aromatic nitrogens is 2. The Bertz CT molecular complexity index is 586. The zero-order chi connectivity index (χ0) is 14.1. The van der Waals surface area contributed by atoms with Crippen molar-refractivity contribution in [1.82, 2.24) is 14.9 Å². The molecule has 21 heavy (non-hydrogen) atoms. The van der Waals surface area contributed by atoms with Gasteiger partial charge in [0.2, 0.25) is 0 Å². The molecule has 2 fully saturated rings. The number of nitrogens with zero attached hydrogens (tertiary/aromatic N) is 2. The van der Waals surface area contributed by atoms with Crippen LogP contribution >= 0.6 is 0 Å². The number of piperidine rings is 1. The van der Waals surface area contributed by atoms with Gasteiger partial charge in [-0.25, -0.2) is 4.98 Å². The van der Waals surface area contributed by atoms with Crippen molar-refractivity contribution in [1.29, 1.82) is 0 Å². The lowest BCUT2D eigenvalue weighted by Crippen LogP contribution is -2.37. The molecule has 1 saturated carbocycles. The molecule has 4 rings (SSSR count). The third-order valence-electron chi connectivity index (χ3n) is 4.96. The lowest BCUT2D eigenvalue weighted by Gasteiger charge is -2.33. The van der Waals surface area contributed by atoms with Crippen LogP contribution in [0.3, 0.4) is 0 Å². The first kappa shape index (κ1) is 13.1. The van der Waals surface area contributed by atoms with E-state index in [1.807, 2.05) is 0 Å². The number of imidazole rings is 1. The minimum atomic E-state index is 0.648. The zero-order valence-electron chi connectivity index (χ0n) is 12.4. The highest BCUT2D eigenvalue weighted by Gasteiger charge is 2.32. The number of hydrogen-bond donors (Lipinski definition) is 1. The summed E-state index contributed by atoms with van der Waals surface area (Å²) in [5.74, 6) is 1.32. The van der Waals surface area contributed by atoms with Gasteiger partial charge in [0.1, 0.15) is 0 Å². The van der Waals surface area contributed by atoms with Crippen molar-refractivity contribution in [2.24, 2.45) is 5.92 Å². The molecule has 2 aliphatic rings. The van der Waals surface area contributed by atoms with E-state index in [0.717, 1.165) is 25.6 Å². The van der Waals surface area contributed by atoms with Crippen molar-refractivity contribution in [2.75, 3.05) is 13.1 Å². The summed E-state index contributed by atoms with van der Waals surface area (Å²) in [7, 11) is 0. The van der Waals surface area contributed by atoms with Gasteiger partial charge in [-0.3, -0.25) is 0 Å². The van der Waals surface area contributed by atoms with E-state index in [2.05, 4.69) is 57.7 Å². The van der Waals surface area contributed by atoms with E-state index in [1.165, 1.54) is 30.5 Å². The van der Waals surface area contributed by atoms with E-state index < -0.39 is 0 Å². The van der Waals surface area contributed by atoms with Gasteiger partial charge in [-0.15, -0.1) is 0 Å². The Hall–Kier alpha value is -1.61. The molecule has 0 radical (unpaired) electrons. The van der Waals surface area contributed by atoms with Gasteiger partial charge >= 0.3 is 0 Å². The van der Waals surface area contributed by atoms with E-state index in [1.54, 1.807) is 0 Å². The molecule has 0 spiro atoms. The molecule has 1 aromatic heterocycles. The topological polar surface area (TPSA) is 29.9 Å². The molecule has 2 atom stereocenters. The Morgan fingerprint density at radius 1 is 1.14 bits per heavy atom. The van der Waals surface area contributed by atoms with Crippen LogP contribution in [0.15, 0.2) is 42.9 Å². The summed E-state index contributed by atoms with van der Waals surface area (Å²) in [5.41, 5.74) is 2.92. The van der Waals surface area contributed by atoms with Crippen molar-refractivity contribution in [3.63, 3.8) is 0 Å². The van der Waals surface area contributed by atoms with Gasteiger partial charge in [-0.05, 0) is 50.3 Å². The van der Waals surface area contributed by atoms with Crippen molar-refractivity contribution >= 4 is 0 Å². The first-order valence-electron chi connectivity index (χ1n) is 8.18. The molecule has 0 amide bonds. The molecule has 1 aliphatic heterocycles. The molecule has 1 N–H and O–H groups in total. The Balaban J connectivity index is 1.57. The average molecular weight is 281 g/mol. The average Bonchev–Trinajstić information content (AvgIpc) is 3.26. The van der Waals surface area contributed by atoms with Crippen LogP contribution in [-0.4, -0.2) is 22.6 Å². The Morgan fingerprint density at radius 2 is 2.00 bits per heavy atom. The molecular weight excluding hydrogens is 258 g/mol. The van der Waals surface area contributed by atoms with Crippen LogP contribution in [0.5, 0.6) is 0 Å². The Morgan fingerprint density at radius 3 is 2.81 bits per heavy atom. The van der Waals surface area contributed by atoms with Crippen molar-refractivity contribution in [3.8, 4) is 0 Å². The van der Waals surface area contributed by atoms with Gasteiger partial charge in [-0.2, -0.15) is 0 Å². The maximum atomic E-state index is 4.44. The summed E-state index contributed by atoms with van der Waals surface area (Å²) >= 11 is 0. The Kier molecular flexibility index (Phi) is 3.52. The third kappa shape index (κ3) is 2.75. The first-order valence-corrected chi connectivity index (χ1v) is 8.18. The summed E-state index contributed by atoms with van der Waals surface area (Å²) in [5, 5.41) is 3.58. The van der Waals surface area contributed by atoms with E-state index in [4.69, 9.17) is 0 Å². The van der Waals surface area contributed by atoms with Crippen LogP contribution in [0.25, 0.3) is 0 Å². The van der Waals surface area contributed by atoms with Crippen LogP contribution in [0.4, 0.5) is 0 Å². The molecule has 1 aliphatic carbocycles. The minimum Gasteiger partial charge on any atom is -0.331 e. The molecular formula is C18H23N3. The number of rotatable bonds is 4. The van der Waals surface area contributed by atoms with Gasteiger partial charge < -0.3 is 9.88 Å². The molecule has 3 nitrogen and oxygen atoms in total. The quantitative estimate of drug-likeness (QED) is 0.933. The van der Waals surface area contributed by atoms with E-state index >= 15 is 0 Å². The monoisotopic (exact) mass is 281 g/mol. The maximum Gasteiger partial charge on any atom is 0.0950 e. The molecule has 0 bridgehead atoms. The fourth-order valence-electron chi connectivity index (χ4n) is 3.70. The summed E-state index contributed by atoms with van der Waals surface area (Å²) in [6.07, 6.45) is 9.22. The highest BCUT2D eigenvalue weighted by atomic mass is 15.1. The zero-order valence-corrected chi connectivity index (χ0v) is 12.4. The van der Waals surface area contributed by atoms with Crippen LogP contribution in [0.1, 0.15) is 42.5 Å². The summed E-state index contributed by atoms with van der Waals surface area (Å²) in [4.78, 5) is 4.44. The third-order valence-corrected chi connectivity index (χ3v) is 4.96. The van der Waals surface area contributed by atoms with E-state index in [0.29, 0.717) is 11.8 Å². The van der Waals surface area contributed by atoms with Gasteiger partial charge in [0, 0.05) is 23.9 Å². The van der Waals surface area contributed by atoms with Crippen LogP contribution in [0.2, 0.25) is 0 Å². The molecule has 2 unspecified atom stereocenters. The molecule has 2 aromatic rings. The van der Waals surface area contributed by atoms with Gasteiger partial charge in [0.05, 0.1) is 6.33 Å². The summed E-state index contributed by atoms with van der Waals surface area (Å²) in [6, 6.07) is 11.6. The molecule has 1 aromatic carbocycles. The molecule has 3 heteroatoms. The fourth-order valence-corrected chi connectivity index (χ4v) is 3.70. The highest BCUT2D eigenvalue weighted by molar-refractivity contribution is 5.19. The maximum absolute atomic E-state index is 4.44. The van der Waals surface area contributed by atoms with Crippen LogP contribution < -0.4 is 5.32 Å². The van der Waals surface area contributed by atoms with Crippen LogP contribution in [-0.2, 0) is 6.42 Å². The van der Waals surface area contributed by atoms with Gasteiger partial charge in [0.15, 0.2) is 0 Å². The fraction of sp³-hybridized carbons (Fsp3) is 0.500. The summed E-state index contributed by atoms with van der Waals surface area (Å²) in [6.45, 7) is 2.25. The SMILES string of the molecule is c1ccc(CC2CNCCC2c2cncn2C2CC2)cc1. The minimum absolute atomic E-state index is 0.648. The van der Waals surface area contributed by atoms with E-state index in [9.17, 15) is 0 Å². The molecule has 2 heterocycles. The lowest BCUT2D eigenvalue weighted by atomic mass is 9.80. The first-order chi connectivity index (χ1) is 10.4.